The lowest BCUT2D eigenvalue weighted by Crippen LogP contribution is -2.40. The van der Waals surface area contributed by atoms with E-state index >= 15 is 0 Å². The Labute approximate surface area is 113 Å². The van der Waals surface area contributed by atoms with E-state index in [0.29, 0.717) is 11.4 Å². The van der Waals surface area contributed by atoms with Gasteiger partial charge >= 0.3 is 0 Å². The molecule has 0 saturated carbocycles. The van der Waals surface area contributed by atoms with E-state index in [-0.39, 0.29) is 17.9 Å². The first-order chi connectivity index (χ1) is 8.88. The molecule has 1 aromatic carbocycles. The molecule has 5 heteroatoms. The predicted molar refractivity (Wildman–Crippen MR) is 74.1 cm³/mol. The first kappa shape index (κ1) is 15.0. The topological polar surface area (TPSA) is 67.4 Å². The molecule has 1 aromatic rings. The van der Waals surface area contributed by atoms with Gasteiger partial charge in [-0.3, -0.25) is 9.59 Å². The highest BCUT2D eigenvalue weighted by Crippen LogP contribution is 2.17. The van der Waals surface area contributed by atoms with E-state index in [1.807, 2.05) is 13.8 Å². The zero-order chi connectivity index (χ0) is 14.4. The number of rotatable bonds is 5. The number of hydrogen-bond acceptors (Lipinski definition) is 3. The molecule has 1 rings (SSSR count). The van der Waals surface area contributed by atoms with Gasteiger partial charge in [-0.15, -0.1) is 0 Å². The number of nitrogens with one attached hydrogen (secondary N) is 2. The highest BCUT2D eigenvalue weighted by atomic mass is 16.5. The molecule has 5 nitrogen and oxygen atoms in total. The highest BCUT2D eigenvalue weighted by Gasteiger charge is 2.15. The van der Waals surface area contributed by atoms with Gasteiger partial charge in [0.05, 0.1) is 0 Å². The minimum Gasteiger partial charge on any atom is -0.481 e. The SMILES string of the molecule is CC(=O)Nc1ccc(OC(C)C(=O)NC(C)C)cc1. The maximum absolute atomic E-state index is 11.7. The molecule has 1 unspecified atom stereocenters. The largest absolute Gasteiger partial charge is 0.481 e. The van der Waals surface area contributed by atoms with Crippen LogP contribution >= 0.6 is 0 Å². The van der Waals surface area contributed by atoms with Crippen molar-refractivity contribution in [2.24, 2.45) is 0 Å². The standard InChI is InChI=1S/C14H20N2O3/c1-9(2)15-14(18)10(3)19-13-7-5-12(6-8-13)16-11(4)17/h5-10H,1-4H3,(H,15,18)(H,16,17). The molecule has 0 saturated heterocycles. The van der Waals surface area contributed by atoms with Crippen molar-refractivity contribution in [1.82, 2.24) is 5.32 Å². The van der Waals surface area contributed by atoms with Gasteiger partial charge in [0.25, 0.3) is 5.91 Å². The van der Waals surface area contributed by atoms with Crippen molar-refractivity contribution < 1.29 is 14.3 Å². The second-order valence-electron chi connectivity index (χ2n) is 4.63. The van der Waals surface area contributed by atoms with Crippen LogP contribution in [0.3, 0.4) is 0 Å². The van der Waals surface area contributed by atoms with Crippen molar-refractivity contribution in [2.75, 3.05) is 5.32 Å². The monoisotopic (exact) mass is 264 g/mol. The van der Waals surface area contributed by atoms with Gasteiger partial charge in [-0.25, -0.2) is 0 Å². The first-order valence-electron chi connectivity index (χ1n) is 6.23. The third kappa shape index (κ3) is 5.42. The molecule has 104 valence electrons. The van der Waals surface area contributed by atoms with Gasteiger partial charge in [0.1, 0.15) is 5.75 Å². The van der Waals surface area contributed by atoms with Crippen LogP contribution in [-0.4, -0.2) is 24.0 Å². The fourth-order valence-electron chi connectivity index (χ4n) is 1.48. The third-order valence-corrected chi connectivity index (χ3v) is 2.29. The van der Waals surface area contributed by atoms with Crippen LogP contribution in [0.5, 0.6) is 5.75 Å². The van der Waals surface area contributed by atoms with Gasteiger partial charge in [0.2, 0.25) is 5.91 Å². The summed E-state index contributed by atoms with van der Waals surface area (Å²) in [5.74, 6) is 0.305. The number of anilines is 1. The Morgan fingerprint density at radius 2 is 1.68 bits per heavy atom. The first-order valence-corrected chi connectivity index (χ1v) is 6.23. The van der Waals surface area contributed by atoms with E-state index in [9.17, 15) is 9.59 Å². The van der Waals surface area contributed by atoms with Crippen LogP contribution in [0.25, 0.3) is 0 Å². The second kappa shape index (κ2) is 6.78. The molecule has 2 N–H and O–H groups in total. The molecule has 19 heavy (non-hydrogen) atoms. The Morgan fingerprint density at radius 3 is 2.16 bits per heavy atom. The van der Waals surface area contributed by atoms with Crippen molar-refractivity contribution in [2.45, 2.75) is 39.8 Å². The summed E-state index contributed by atoms with van der Waals surface area (Å²) >= 11 is 0. The zero-order valence-electron chi connectivity index (χ0n) is 11.7. The fourth-order valence-corrected chi connectivity index (χ4v) is 1.48. The average molecular weight is 264 g/mol. The Balaban J connectivity index is 2.57. The molecule has 2 amide bonds. The van der Waals surface area contributed by atoms with E-state index in [1.165, 1.54) is 6.92 Å². The minimum atomic E-state index is -0.561. The van der Waals surface area contributed by atoms with E-state index in [0.717, 1.165) is 0 Å². The van der Waals surface area contributed by atoms with Crippen molar-refractivity contribution in [3.63, 3.8) is 0 Å². The Hall–Kier alpha value is -2.04. The molecule has 0 bridgehead atoms. The Kier molecular flexibility index (Phi) is 5.36. The molecule has 0 aliphatic rings. The summed E-state index contributed by atoms with van der Waals surface area (Å²) in [6.45, 7) is 6.93. The number of carbonyl (C=O) groups excluding carboxylic acids is 2. The number of amides is 2. The number of carbonyl (C=O) groups is 2. The van der Waals surface area contributed by atoms with Gasteiger partial charge in [-0.2, -0.15) is 0 Å². The molecule has 0 heterocycles. The summed E-state index contributed by atoms with van der Waals surface area (Å²) in [6.07, 6.45) is -0.561. The van der Waals surface area contributed by atoms with Crippen molar-refractivity contribution in [3.05, 3.63) is 24.3 Å². The molecule has 0 radical (unpaired) electrons. The molecule has 0 aromatic heterocycles. The number of benzene rings is 1. The predicted octanol–water partition coefficient (Wildman–Crippen LogP) is 1.94. The van der Waals surface area contributed by atoms with Gasteiger partial charge < -0.3 is 15.4 Å². The van der Waals surface area contributed by atoms with Crippen molar-refractivity contribution in [3.8, 4) is 5.75 Å². The maximum Gasteiger partial charge on any atom is 0.260 e. The summed E-state index contributed by atoms with van der Waals surface area (Å²) in [5.41, 5.74) is 0.694. The van der Waals surface area contributed by atoms with E-state index in [2.05, 4.69) is 10.6 Å². The molecule has 0 aliphatic carbocycles. The van der Waals surface area contributed by atoms with E-state index in [4.69, 9.17) is 4.74 Å². The Morgan fingerprint density at radius 1 is 1.11 bits per heavy atom. The van der Waals surface area contributed by atoms with Crippen molar-refractivity contribution in [1.29, 1.82) is 0 Å². The summed E-state index contributed by atoms with van der Waals surface area (Å²) in [6, 6.07) is 6.96. The number of hydrogen-bond donors (Lipinski definition) is 2. The van der Waals surface area contributed by atoms with Crippen LogP contribution in [0.15, 0.2) is 24.3 Å². The molecular formula is C14H20N2O3. The van der Waals surface area contributed by atoms with E-state index in [1.54, 1.807) is 31.2 Å². The summed E-state index contributed by atoms with van der Waals surface area (Å²) in [5, 5.41) is 5.44. The molecule has 0 spiro atoms. The average Bonchev–Trinajstić information content (AvgIpc) is 2.30. The number of ether oxygens (including phenoxy) is 1. The lowest BCUT2D eigenvalue weighted by molar-refractivity contribution is -0.127. The lowest BCUT2D eigenvalue weighted by atomic mass is 10.3. The fraction of sp³-hybridized carbons (Fsp3) is 0.429. The van der Waals surface area contributed by atoms with Crippen molar-refractivity contribution >= 4 is 17.5 Å². The molecule has 1 atom stereocenters. The molecule has 0 fully saturated rings. The van der Waals surface area contributed by atoms with Crippen LogP contribution in [0.1, 0.15) is 27.7 Å². The summed E-state index contributed by atoms with van der Waals surface area (Å²) < 4.78 is 5.51. The van der Waals surface area contributed by atoms with Crippen LogP contribution in [0, 0.1) is 0 Å². The van der Waals surface area contributed by atoms with Gasteiger partial charge in [0.15, 0.2) is 6.10 Å². The normalized spacial score (nSPS) is 11.8. The third-order valence-electron chi connectivity index (χ3n) is 2.29. The quantitative estimate of drug-likeness (QED) is 0.854. The van der Waals surface area contributed by atoms with Crippen LogP contribution < -0.4 is 15.4 Å². The van der Waals surface area contributed by atoms with Crippen LogP contribution in [0.4, 0.5) is 5.69 Å². The zero-order valence-corrected chi connectivity index (χ0v) is 11.7. The molecular weight excluding hydrogens is 244 g/mol. The van der Waals surface area contributed by atoms with Gasteiger partial charge in [0, 0.05) is 18.7 Å². The van der Waals surface area contributed by atoms with E-state index < -0.39 is 6.10 Å². The Bertz CT molecular complexity index is 441. The van der Waals surface area contributed by atoms with Gasteiger partial charge in [-0.1, -0.05) is 0 Å². The smallest absolute Gasteiger partial charge is 0.260 e. The van der Waals surface area contributed by atoms with Crippen LogP contribution in [-0.2, 0) is 9.59 Å². The highest BCUT2D eigenvalue weighted by molar-refractivity contribution is 5.88. The maximum atomic E-state index is 11.7. The minimum absolute atomic E-state index is 0.0840. The van der Waals surface area contributed by atoms with Gasteiger partial charge in [-0.05, 0) is 45.0 Å². The second-order valence-corrected chi connectivity index (χ2v) is 4.63. The lowest BCUT2D eigenvalue weighted by Gasteiger charge is -2.16. The summed E-state index contributed by atoms with van der Waals surface area (Å²) in [7, 11) is 0. The van der Waals surface area contributed by atoms with Crippen LogP contribution in [0.2, 0.25) is 0 Å². The molecule has 0 aliphatic heterocycles. The summed E-state index contributed by atoms with van der Waals surface area (Å²) in [4.78, 5) is 22.5.